The lowest BCUT2D eigenvalue weighted by molar-refractivity contribution is -0.127. The van der Waals surface area contributed by atoms with E-state index in [9.17, 15) is 9.59 Å². The molecule has 1 aromatic carbocycles. The lowest BCUT2D eigenvalue weighted by atomic mass is 10.1. The zero-order chi connectivity index (χ0) is 14.4. The van der Waals surface area contributed by atoms with Gasteiger partial charge in [0.1, 0.15) is 0 Å². The summed E-state index contributed by atoms with van der Waals surface area (Å²) in [6.07, 6.45) is 6.12. The quantitative estimate of drug-likeness (QED) is 0.820. The van der Waals surface area contributed by atoms with E-state index in [4.69, 9.17) is 0 Å². The molecule has 0 heterocycles. The van der Waals surface area contributed by atoms with E-state index in [0.29, 0.717) is 0 Å². The maximum absolute atomic E-state index is 11.8. The first kappa shape index (κ1) is 14.9. The summed E-state index contributed by atoms with van der Waals surface area (Å²) in [5.74, 6) is -0.0762. The molecule has 1 aliphatic rings. The molecule has 0 saturated heterocycles. The molecule has 1 fully saturated rings. The zero-order valence-electron chi connectivity index (χ0n) is 11.6. The monoisotopic (exact) mass is 292 g/mol. The number of hydrogen-bond donors (Lipinski definition) is 2. The van der Waals surface area contributed by atoms with Gasteiger partial charge in [-0.05, 0) is 37.3 Å². The van der Waals surface area contributed by atoms with Gasteiger partial charge in [-0.1, -0.05) is 18.9 Å². The fourth-order valence-electron chi connectivity index (χ4n) is 2.41. The molecule has 108 valence electrons. The average Bonchev–Trinajstić information content (AvgIpc) is 2.99. The highest BCUT2D eigenvalue weighted by Crippen LogP contribution is 2.24. The van der Waals surface area contributed by atoms with Gasteiger partial charge in [-0.2, -0.15) is 0 Å². The highest BCUT2D eigenvalue weighted by molar-refractivity contribution is 7.98. The molecule has 2 rings (SSSR count). The topological polar surface area (TPSA) is 58.2 Å². The summed E-state index contributed by atoms with van der Waals surface area (Å²) >= 11 is 1.62. The van der Waals surface area contributed by atoms with Crippen molar-refractivity contribution in [2.24, 2.45) is 5.92 Å². The molecule has 2 amide bonds. The van der Waals surface area contributed by atoms with Gasteiger partial charge in [0.2, 0.25) is 11.8 Å². The molecule has 1 saturated carbocycles. The van der Waals surface area contributed by atoms with Crippen molar-refractivity contribution in [3.63, 3.8) is 0 Å². The van der Waals surface area contributed by atoms with Crippen molar-refractivity contribution in [3.05, 3.63) is 24.3 Å². The zero-order valence-corrected chi connectivity index (χ0v) is 12.5. The highest BCUT2D eigenvalue weighted by atomic mass is 32.2. The molecule has 0 unspecified atom stereocenters. The van der Waals surface area contributed by atoms with Gasteiger partial charge in [-0.3, -0.25) is 9.59 Å². The molecule has 0 aromatic heterocycles. The number of amides is 2. The lowest BCUT2D eigenvalue weighted by Crippen LogP contribution is -2.36. The molecule has 0 aliphatic heterocycles. The summed E-state index contributed by atoms with van der Waals surface area (Å²) < 4.78 is 0. The summed E-state index contributed by atoms with van der Waals surface area (Å²) in [6, 6.07) is 7.65. The van der Waals surface area contributed by atoms with Crippen molar-refractivity contribution in [2.45, 2.75) is 30.6 Å². The first-order valence-corrected chi connectivity index (χ1v) is 8.13. The van der Waals surface area contributed by atoms with E-state index in [1.165, 1.54) is 0 Å². The fourth-order valence-corrected chi connectivity index (χ4v) is 2.87. The summed E-state index contributed by atoms with van der Waals surface area (Å²) in [4.78, 5) is 24.7. The molecule has 0 radical (unpaired) electrons. The van der Waals surface area contributed by atoms with E-state index in [-0.39, 0.29) is 24.3 Å². The number of thioether (sulfide) groups is 1. The van der Waals surface area contributed by atoms with Crippen molar-refractivity contribution in [2.75, 3.05) is 18.1 Å². The van der Waals surface area contributed by atoms with E-state index in [0.717, 1.165) is 36.3 Å². The molecule has 0 spiro atoms. The van der Waals surface area contributed by atoms with Crippen LogP contribution in [-0.2, 0) is 9.59 Å². The Hall–Kier alpha value is -1.49. The number of benzene rings is 1. The molecule has 1 aliphatic carbocycles. The third kappa shape index (κ3) is 4.27. The van der Waals surface area contributed by atoms with E-state index in [2.05, 4.69) is 10.6 Å². The van der Waals surface area contributed by atoms with Gasteiger partial charge in [0.15, 0.2) is 0 Å². The predicted molar refractivity (Wildman–Crippen MR) is 81.8 cm³/mol. The van der Waals surface area contributed by atoms with Gasteiger partial charge in [0.05, 0.1) is 6.54 Å². The minimum atomic E-state index is -0.186. The Labute approximate surface area is 123 Å². The number of anilines is 1. The highest BCUT2D eigenvalue weighted by Gasteiger charge is 2.22. The van der Waals surface area contributed by atoms with Crippen LogP contribution in [0.1, 0.15) is 25.7 Å². The Morgan fingerprint density at radius 3 is 2.75 bits per heavy atom. The second-order valence-corrected chi connectivity index (χ2v) is 5.86. The Morgan fingerprint density at radius 2 is 2.05 bits per heavy atom. The van der Waals surface area contributed by atoms with Crippen molar-refractivity contribution >= 4 is 29.3 Å². The Kier molecular flexibility index (Phi) is 5.47. The summed E-state index contributed by atoms with van der Waals surface area (Å²) in [7, 11) is 0. The summed E-state index contributed by atoms with van der Waals surface area (Å²) in [5, 5.41) is 5.51. The normalized spacial score (nSPS) is 15.1. The van der Waals surface area contributed by atoms with E-state index in [1.807, 2.05) is 30.5 Å². The Morgan fingerprint density at radius 1 is 1.30 bits per heavy atom. The predicted octanol–water partition coefficient (Wildman–Crippen LogP) is 2.65. The van der Waals surface area contributed by atoms with Crippen LogP contribution in [0.2, 0.25) is 0 Å². The van der Waals surface area contributed by atoms with Gasteiger partial charge in [0.25, 0.3) is 0 Å². The van der Waals surface area contributed by atoms with Crippen LogP contribution in [0.3, 0.4) is 0 Å². The SMILES string of the molecule is CSc1cccc(NC(=O)CNC(=O)C2CCCC2)c1. The molecule has 2 N–H and O–H groups in total. The van der Waals surface area contributed by atoms with Crippen molar-refractivity contribution in [1.82, 2.24) is 5.32 Å². The summed E-state index contributed by atoms with van der Waals surface area (Å²) in [5.41, 5.74) is 0.761. The van der Waals surface area contributed by atoms with Crippen molar-refractivity contribution < 1.29 is 9.59 Å². The third-order valence-corrected chi connectivity index (χ3v) is 4.23. The standard InChI is InChI=1S/C15H20N2O2S/c1-20-13-8-4-7-12(9-13)17-14(18)10-16-15(19)11-5-2-3-6-11/h4,7-9,11H,2-3,5-6,10H2,1H3,(H,16,19)(H,17,18). The van der Waals surface area contributed by atoms with Gasteiger partial charge in [0, 0.05) is 16.5 Å². The van der Waals surface area contributed by atoms with Gasteiger partial charge in [-0.25, -0.2) is 0 Å². The van der Waals surface area contributed by atoms with E-state index < -0.39 is 0 Å². The smallest absolute Gasteiger partial charge is 0.243 e. The minimum absolute atomic E-state index is 0.00974. The van der Waals surface area contributed by atoms with Crippen LogP contribution in [0.5, 0.6) is 0 Å². The molecule has 20 heavy (non-hydrogen) atoms. The molecule has 1 aromatic rings. The van der Waals surface area contributed by atoms with E-state index in [1.54, 1.807) is 11.8 Å². The molecular weight excluding hydrogens is 272 g/mol. The second-order valence-electron chi connectivity index (χ2n) is 4.98. The molecule has 4 nitrogen and oxygen atoms in total. The average molecular weight is 292 g/mol. The number of rotatable bonds is 5. The van der Waals surface area contributed by atoms with Gasteiger partial charge < -0.3 is 10.6 Å². The summed E-state index contributed by atoms with van der Waals surface area (Å²) in [6.45, 7) is 0.0405. The minimum Gasteiger partial charge on any atom is -0.347 e. The third-order valence-electron chi connectivity index (χ3n) is 3.50. The largest absolute Gasteiger partial charge is 0.347 e. The van der Waals surface area contributed by atoms with Gasteiger partial charge in [-0.15, -0.1) is 11.8 Å². The van der Waals surface area contributed by atoms with Crippen LogP contribution in [0, 0.1) is 5.92 Å². The molecular formula is C15H20N2O2S. The maximum Gasteiger partial charge on any atom is 0.243 e. The fraction of sp³-hybridized carbons (Fsp3) is 0.467. The molecule has 0 atom stereocenters. The van der Waals surface area contributed by atoms with Crippen LogP contribution in [0.4, 0.5) is 5.69 Å². The number of nitrogens with one attached hydrogen (secondary N) is 2. The van der Waals surface area contributed by atoms with Crippen molar-refractivity contribution in [1.29, 1.82) is 0 Å². The first-order valence-electron chi connectivity index (χ1n) is 6.90. The molecule has 0 bridgehead atoms. The van der Waals surface area contributed by atoms with Crippen LogP contribution >= 0.6 is 11.8 Å². The molecule has 5 heteroatoms. The van der Waals surface area contributed by atoms with Crippen molar-refractivity contribution in [3.8, 4) is 0 Å². The van der Waals surface area contributed by atoms with Gasteiger partial charge >= 0.3 is 0 Å². The van der Waals surface area contributed by atoms with Crippen LogP contribution in [0.25, 0.3) is 0 Å². The van der Waals surface area contributed by atoms with Crippen LogP contribution in [0.15, 0.2) is 29.2 Å². The first-order chi connectivity index (χ1) is 9.69. The Balaban J connectivity index is 1.78. The number of carbonyl (C=O) groups excluding carboxylic acids is 2. The van der Waals surface area contributed by atoms with Crippen LogP contribution < -0.4 is 10.6 Å². The Bertz CT molecular complexity index is 485. The van der Waals surface area contributed by atoms with Crippen LogP contribution in [-0.4, -0.2) is 24.6 Å². The maximum atomic E-state index is 11.8. The number of carbonyl (C=O) groups is 2. The second kappa shape index (κ2) is 7.33. The number of hydrogen-bond acceptors (Lipinski definition) is 3. The lowest BCUT2D eigenvalue weighted by Gasteiger charge is -2.11. The van der Waals surface area contributed by atoms with E-state index >= 15 is 0 Å².